The van der Waals surface area contributed by atoms with Gasteiger partial charge in [-0.1, -0.05) is 11.6 Å². The Morgan fingerprint density at radius 2 is 1.72 bits per heavy atom. The Morgan fingerprint density at radius 3 is 2.22 bits per heavy atom. The van der Waals surface area contributed by atoms with Crippen LogP contribution in [0.3, 0.4) is 0 Å². The number of fused-ring (bicyclic) bond motifs is 1. The predicted octanol–water partition coefficient (Wildman–Crippen LogP) is 4.67. The Kier molecular flexibility index (Phi) is 6.08. The van der Waals surface area contributed by atoms with Gasteiger partial charge in [0.25, 0.3) is 0 Å². The largest absolute Gasteiger partial charge is 0.499 e. The number of aromatic carboxylic acids is 1. The van der Waals surface area contributed by atoms with Gasteiger partial charge in [-0.3, -0.25) is 0 Å². The summed E-state index contributed by atoms with van der Waals surface area (Å²) in [4.78, 5) is 24.2. The molecule has 10 heteroatoms. The van der Waals surface area contributed by atoms with Crippen LogP contribution in [-0.2, 0) is 14.0 Å². The average molecular weight is 466 g/mol. The molecule has 1 aromatic carbocycles. The Labute approximate surface area is 192 Å². The van der Waals surface area contributed by atoms with Gasteiger partial charge in [-0.05, 0) is 67.5 Å². The number of alkyl carbamates (subject to hydrolysis) is 1. The highest BCUT2D eigenvalue weighted by atomic mass is 35.5. The first-order chi connectivity index (χ1) is 14.5. The van der Waals surface area contributed by atoms with Crippen LogP contribution in [0.5, 0.6) is 0 Å². The number of carboxylic acids is 1. The third-order valence-electron chi connectivity index (χ3n) is 5.67. The molecule has 0 unspecified atom stereocenters. The first-order valence-corrected chi connectivity index (χ1v) is 10.7. The summed E-state index contributed by atoms with van der Waals surface area (Å²) in [5.41, 5.74) is -1.47. The number of carboxylic acid groups (broad SMARTS) is 1. The van der Waals surface area contributed by atoms with Crippen LogP contribution in [0.1, 0.15) is 77.5 Å². The minimum absolute atomic E-state index is 0.0963. The van der Waals surface area contributed by atoms with Crippen LogP contribution in [0.4, 0.5) is 4.79 Å². The monoisotopic (exact) mass is 465 g/mol. The molecule has 1 aromatic heterocycles. The lowest BCUT2D eigenvalue weighted by Crippen LogP contribution is -2.41. The summed E-state index contributed by atoms with van der Waals surface area (Å²) in [5.74, 6) is -0.889. The minimum Gasteiger partial charge on any atom is -0.478 e. The molecule has 1 atom stereocenters. The number of halogens is 1. The number of hydrogen-bond acceptors (Lipinski definition) is 6. The van der Waals surface area contributed by atoms with Gasteiger partial charge >= 0.3 is 19.2 Å². The molecular formula is C22H29BClNO7. The lowest BCUT2D eigenvalue weighted by molar-refractivity contribution is 0.00578. The molecule has 174 valence electrons. The zero-order chi connectivity index (χ0) is 24.2. The Morgan fingerprint density at radius 1 is 1.16 bits per heavy atom. The summed E-state index contributed by atoms with van der Waals surface area (Å²) in [7, 11) is -0.862. The number of nitrogens with one attached hydrogen (secondary N) is 1. The molecule has 1 aliphatic rings. The second kappa shape index (κ2) is 7.97. The first-order valence-electron chi connectivity index (χ1n) is 10.4. The van der Waals surface area contributed by atoms with Gasteiger partial charge in [0.05, 0.1) is 17.2 Å². The summed E-state index contributed by atoms with van der Waals surface area (Å²) in [6.45, 7) is 14.6. The summed E-state index contributed by atoms with van der Waals surface area (Å²) < 4.78 is 23.8. The van der Waals surface area contributed by atoms with Crippen LogP contribution in [0.15, 0.2) is 16.5 Å². The maximum atomic E-state index is 12.4. The number of benzene rings is 1. The smallest absolute Gasteiger partial charge is 0.478 e. The van der Waals surface area contributed by atoms with E-state index in [9.17, 15) is 14.7 Å². The second-order valence-corrected chi connectivity index (χ2v) is 10.4. The maximum Gasteiger partial charge on any atom is 0.499 e. The summed E-state index contributed by atoms with van der Waals surface area (Å²) in [6, 6.07) is 2.25. The van der Waals surface area contributed by atoms with Gasteiger partial charge in [0.1, 0.15) is 22.5 Å². The van der Waals surface area contributed by atoms with Crippen molar-refractivity contribution in [1.82, 2.24) is 5.32 Å². The van der Waals surface area contributed by atoms with Crippen LogP contribution < -0.4 is 10.8 Å². The number of carbonyl (C=O) groups excluding carboxylic acids is 1. The van der Waals surface area contributed by atoms with Gasteiger partial charge in [0.15, 0.2) is 0 Å². The van der Waals surface area contributed by atoms with E-state index in [4.69, 9.17) is 30.1 Å². The van der Waals surface area contributed by atoms with Crippen molar-refractivity contribution in [3.8, 4) is 0 Å². The van der Waals surface area contributed by atoms with Crippen LogP contribution in [0, 0.1) is 0 Å². The van der Waals surface area contributed by atoms with E-state index in [-0.39, 0.29) is 16.2 Å². The number of rotatable bonds is 4. The van der Waals surface area contributed by atoms with Gasteiger partial charge in [-0.2, -0.15) is 0 Å². The van der Waals surface area contributed by atoms with Crippen molar-refractivity contribution in [3.63, 3.8) is 0 Å². The van der Waals surface area contributed by atoms with Crippen molar-refractivity contribution in [2.45, 2.75) is 78.2 Å². The Balaban J connectivity index is 2.15. The zero-order valence-corrected chi connectivity index (χ0v) is 20.3. The molecule has 3 rings (SSSR count). The van der Waals surface area contributed by atoms with Crippen molar-refractivity contribution in [1.29, 1.82) is 0 Å². The predicted molar refractivity (Wildman–Crippen MR) is 122 cm³/mol. The summed E-state index contributed by atoms with van der Waals surface area (Å²) in [6.07, 6.45) is -0.637. The van der Waals surface area contributed by atoms with Crippen molar-refractivity contribution in [3.05, 3.63) is 28.5 Å². The molecule has 1 saturated heterocycles. The lowest BCUT2D eigenvalue weighted by atomic mass is 9.75. The van der Waals surface area contributed by atoms with Crippen molar-refractivity contribution in [2.75, 3.05) is 0 Å². The highest BCUT2D eigenvalue weighted by molar-refractivity contribution is 6.66. The molecule has 2 heterocycles. The van der Waals surface area contributed by atoms with E-state index in [1.807, 2.05) is 27.7 Å². The number of furan rings is 1. The van der Waals surface area contributed by atoms with E-state index in [2.05, 4.69) is 5.32 Å². The lowest BCUT2D eigenvalue weighted by Gasteiger charge is -2.32. The molecule has 32 heavy (non-hydrogen) atoms. The molecule has 2 aromatic rings. The molecule has 1 aliphatic heterocycles. The summed E-state index contributed by atoms with van der Waals surface area (Å²) in [5, 5.41) is 13.1. The third-order valence-corrected chi connectivity index (χ3v) is 5.89. The molecular weight excluding hydrogens is 437 g/mol. The second-order valence-electron chi connectivity index (χ2n) is 9.97. The fourth-order valence-electron chi connectivity index (χ4n) is 3.44. The van der Waals surface area contributed by atoms with E-state index in [0.717, 1.165) is 0 Å². The summed E-state index contributed by atoms with van der Waals surface area (Å²) >= 11 is 6.23. The SMILES string of the molecule is C[C@H](NC(=O)OC(C)(C)C)c1oc2c(C(=O)O)cc(Cl)cc2c1B1OC(C)(C)C(C)(C)O1. The van der Waals surface area contributed by atoms with Crippen molar-refractivity contribution < 1.29 is 33.2 Å². The topological polar surface area (TPSA) is 107 Å². The minimum atomic E-state index is -1.19. The van der Waals surface area contributed by atoms with Gasteiger partial charge < -0.3 is 28.9 Å². The maximum absolute atomic E-state index is 12.4. The highest BCUT2D eigenvalue weighted by Crippen LogP contribution is 2.39. The average Bonchev–Trinajstić information content (AvgIpc) is 3.06. The molecule has 0 radical (unpaired) electrons. The number of hydrogen-bond donors (Lipinski definition) is 2. The van der Waals surface area contributed by atoms with E-state index in [0.29, 0.717) is 16.6 Å². The number of amides is 1. The molecule has 1 fully saturated rings. The molecule has 2 N–H and O–H groups in total. The fraction of sp³-hybridized carbons (Fsp3) is 0.545. The van der Waals surface area contributed by atoms with Crippen LogP contribution in [-0.4, -0.2) is 41.1 Å². The zero-order valence-electron chi connectivity index (χ0n) is 19.6. The van der Waals surface area contributed by atoms with Crippen LogP contribution in [0.25, 0.3) is 11.0 Å². The molecule has 0 spiro atoms. The van der Waals surface area contributed by atoms with Gasteiger partial charge in [0.2, 0.25) is 0 Å². The fourth-order valence-corrected chi connectivity index (χ4v) is 3.65. The van der Waals surface area contributed by atoms with E-state index in [1.54, 1.807) is 33.8 Å². The first kappa shape index (κ1) is 24.4. The standard InChI is InChI=1S/C22H29BClNO7/c1-11(25-19(28)30-20(2,3)4)16-15(23-31-21(5,6)22(7,8)32-23)13-9-12(24)10-14(18(26)27)17(13)29-16/h9-11H,1-8H3,(H,25,28)(H,26,27)/t11-/m0/s1. The van der Waals surface area contributed by atoms with Crippen molar-refractivity contribution in [2.24, 2.45) is 0 Å². The molecule has 1 amide bonds. The van der Waals surface area contributed by atoms with Crippen LogP contribution in [0.2, 0.25) is 5.02 Å². The Bertz CT molecular complexity index is 1050. The molecule has 0 aliphatic carbocycles. The van der Waals surface area contributed by atoms with E-state index in [1.165, 1.54) is 6.07 Å². The van der Waals surface area contributed by atoms with Crippen LogP contribution >= 0.6 is 11.6 Å². The normalized spacial score (nSPS) is 18.6. The third kappa shape index (κ3) is 4.60. The van der Waals surface area contributed by atoms with Gasteiger partial charge in [-0.25, -0.2) is 9.59 Å². The molecule has 0 saturated carbocycles. The Hall–Kier alpha value is -2.23. The molecule has 8 nitrogen and oxygen atoms in total. The van der Waals surface area contributed by atoms with Crippen molar-refractivity contribution >= 4 is 47.2 Å². The van der Waals surface area contributed by atoms with E-state index >= 15 is 0 Å². The van der Waals surface area contributed by atoms with E-state index < -0.39 is 42.0 Å². The van der Waals surface area contributed by atoms with Gasteiger partial charge in [0, 0.05) is 15.9 Å². The quantitative estimate of drug-likeness (QED) is 0.632. The number of ether oxygens (including phenoxy) is 1. The van der Waals surface area contributed by atoms with Gasteiger partial charge in [-0.15, -0.1) is 0 Å². The molecule has 0 bridgehead atoms. The number of carbonyl (C=O) groups is 2. The highest BCUT2D eigenvalue weighted by Gasteiger charge is 2.53.